The molecule has 2 heterocycles. The lowest BCUT2D eigenvalue weighted by Gasteiger charge is -2.20. The van der Waals surface area contributed by atoms with E-state index in [1.54, 1.807) is 28.8 Å². The number of aryl methyl sites for hydroxylation is 1. The molecule has 2 amide bonds. The molecule has 1 aliphatic heterocycles. The molecule has 29 heavy (non-hydrogen) atoms. The second-order valence-electron chi connectivity index (χ2n) is 6.82. The summed E-state index contributed by atoms with van der Waals surface area (Å²) >= 11 is 0. The van der Waals surface area contributed by atoms with E-state index in [0.29, 0.717) is 13.0 Å². The molecular weight excluding hydrogens is 374 g/mol. The Morgan fingerprint density at radius 3 is 2.31 bits per heavy atom. The van der Waals surface area contributed by atoms with E-state index in [4.69, 9.17) is 4.74 Å². The monoisotopic (exact) mass is 393 g/mol. The average Bonchev–Trinajstić information content (AvgIpc) is 3.18. The second kappa shape index (κ2) is 7.38. The van der Waals surface area contributed by atoms with Crippen molar-refractivity contribution in [1.82, 2.24) is 14.5 Å². The topological polar surface area (TPSA) is 101 Å². The van der Waals surface area contributed by atoms with Crippen molar-refractivity contribution in [2.24, 2.45) is 0 Å². The van der Waals surface area contributed by atoms with Gasteiger partial charge in [0.1, 0.15) is 6.04 Å². The van der Waals surface area contributed by atoms with Crippen LogP contribution in [0.15, 0.2) is 53.3 Å². The number of benzene rings is 2. The lowest BCUT2D eigenvalue weighted by molar-refractivity contribution is -0.147. The van der Waals surface area contributed by atoms with E-state index in [-0.39, 0.29) is 23.4 Å². The van der Waals surface area contributed by atoms with Gasteiger partial charge in [-0.15, -0.1) is 0 Å². The fourth-order valence-corrected chi connectivity index (χ4v) is 3.51. The van der Waals surface area contributed by atoms with E-state index >= 15 is 0 Å². The van der Waals surface area contributed by atoms with Gasteiger partial charge in [-0.3, -0.25) is 19.1 Å². The summed E-state index contributed by atoms with van der Waals surface area (Å²) in [7, 11) is 0. The number of aromatic nitrogens is 2. The molecular formula is C21H19N3O5. The molecule has 8 nitrogen and oxygen atoms in total. The van der Waals surface area contributed by atoms with Crippen LogP contribution in [0.1, 0.15) is 34.1 Å². The number of carbonyl (C=O) groups excluding carboxylic acids is 3. The largest absolute Gasteiger partial charge is 0.464 e. The first kappa shape index (κ1) is 18.7. The third-order valence-corrected chi connectivity index (χ3v) is 5.01. The number of amides is 2. The first-order chi connectivity index (χ1) is 14.0. The highest BCUT2D eigenvalue weighted by molar-refractivity contribution is 6.22. The Morgan fingerprint density at radius 2 is 1.62 bits per heavy atom. The predicted molar refractivity (Wildman–Crippen MR) is 105 cm³/mol. The minimum atomic E-state index is -1.03. The molecule has 0 radical (unpaired) electrons. The van der Waals surface area contributed by atoms with Gasteiger partial charge in [-0.05, 0) is 37.6 Å². The van der Waals surface area contributed by atoms with Crippen LogP contribution in [-0.2, 0) is 16.1 Å². The molecule has 0 spiro atoms. The summed E-state index contributed by atoms with van der Waals surface area (Å²) in [6, 6.07) is 12.8. The van der Waals surface area contributed by atoms with Gasteiger partial charge >= 0.3 is 11.7 Å². The van der Waals surface area contributed by atoms with E-state index in [2.05, 4.69) is 4.98 Å². The van der Waals surface area contributed by atoms with Gasteiger partial charge in [-0.25, -0.2) is 9.59 Å². The molecule has 0 aliphatic carbocycles. The van der Waals surface area contributed by atoms with E-state index < -0.39 is 23.8 Å². The number of imide groups is 1. The zero-order chi connectivity index (χ0) is 20.5. The van der Waals surface area contributed by atoms with Gasteiger partial charge in [0.25, 0.3) is 11.8 Å². The first-order valence-electron chi connectivity index (χ1n) is 9.30. The number of nitrogens with zero attached hydrogens (tertiary/aromatic N) is 2. The Labute approximate surface area is 165 Å². The molecule has 148 valence electrons. The standard InChI is InChI=1S/C21H19N3O5/c1-13(24-18(25)14-7-2-3-8-15(14)19(24)26)20(27)29-12-6-11-23-17-10-5-4-9-16(17)22-21(23)28/h2-5,7-10,13H,6,11-12H2,1H3,(H,22,28)/t13-/m0/s1. The highest BCUT2D eigenvalue weighted by Gasteiger charge is 2.41. The summed E-state index contributed by atoms with van der Waals surface area (Å²) in [5.41, 5.74) is 1.88. The van der Waals surface area contributed by atoms with Gasteiger partial charge in [0.2, 0.25) is 0 Å². The smallest absolute Gasteiger partial charge is 0.329 e. The fourth-order valence-electron chi connectivity index (χ4n) is 3.51. The van der Waals surface area contributed by atoms with Crippen molar-refractivity contribution in [2.75, 3.05) is 6.61 Å². The SMILES string of the molecule is C[C@@H](C(=O)OCCCn1c(=O)[nH]c2ccccc21)N1C(=O)c2ccccc2C1=O. The van der Waals surface area contributed by atoms with E-state index in [1.165, 1.54) is 6.92 Å². The van der Waals surface area contributed by atoms with Crippen molar-refractivity contribution in [1.29, 1.82) is 0 Å². The van der Waals surface area contributed by atoms with E-state index in [9.17, 15) is 19.2 Å². The molecule has 8 heteroatoms. The highest BCUT2D eigenvalue weighted by Crippen LogP contribution is 2.24. The average molecular weight is 393 g/mol. The van der Waals surface area contributed by atoms with Crippen LogP contribution in [0.25, 0.3) is 11.0 Å². The summed E-state index contributed by atoms with van der Waals surface area (Å²) in [5, 5.41) is 0. The van der Waals surface area contributed by atoms with Gasteiger partial charge in [0.15, 0.2) is 0 Å². The zero-order valence-electron chi connectivity index (χ0n) is 15.8. The number of nitrogens with one attached hydrogen (secondary N) is 1. The number of fused-ring (bicyclic) bond motifs is 2. The lowest BCUT2D eigenvalue weighted by Crippen LogP contribution is -2.43. The quantitative estimate of drug-likeness (QED) is 0.392. The molecule has 1 atom stereocenters. The van der Waals surface area contributed by atoms with Gasteiger partial charge in [-0.1, -0.05) is 24.3 Å². The molecule has 1 aromatic heterocycles. The van der Waals surface area contributed by atoms with Crippen molar-refractivity contribution in [3.8, 4) is 0 Å². The third kappa shape index (κ3) is 3.22. The number of imidazole rings is 1. The molecule has 3 aromatic rings. The third-order valence-electron chi connectivity index (χ3n) is 5.01. The molecule has 2 aromatic carbocycles. The van der Waals surface area contributed by atoms with Crippen LogP contribution < -0.4 is 5.69 Å². The normalized spacial score (nSPS) is 14.3. The number of para-hydroxylation sites is 2. The van der Waals surface area contributed by atoms with Crippen molar-refractivity contribution in [3.05, 3.63) is 70.1 Å². The van der Waals surface area contributed by atoms with Crippen LogP contribution in [0.2, 0.25) is 0 Å². The van der Waals surface area contributed by atoms with Crippen LogP contribution in [0.5, 0.6) is 0 Å². The Balaban J connectivity index is 1.35. The summed E-state index contributed by atoms with van der Waals surface area (Å²) in [6.45, 7) is 1.91. The summed E-state index contributed by atoms with van der Waals surface area (Å²) in [6.07, 6.45) is 0.419. The van der Waals surface area contributed by atoms with Crippen LogP contribution in [-0.4, -0.2) is 44.9 Å². The minimum Gasteiger partial charge on any atom is -0.464 e. The molecule has 1 aliphatic rings. The molecule has 0 saturated carbocycles. The maximum absolute atomic E-state index is 12.5. The zero-order valence-corrected chi connectivity index (χ0v) is 15.8. The number of rotatable bonds is 6. The number of ether oxygens (including phenoxy) is 1. The number of aromatic amines is 1. The second-order valence-corrected chi connectivity index (χ2v) is 6.82. The van der Waals surface area contributed by atoms with Crippen molar-refractivity contribution < 1.29 is 19.1 Å². The molecule has 4 rings (SSSR count). The predicted octanol–water partition coefficient (Wildman–Crippen LogP) is 1.95. The number of hydrogen-bond donors (Lipinski definition) is 1. The van der Waals surface area contributed by atoms with Crippen LogP contribution in [0, 0.1) is 0 Å². The lowest BCUT2D eigenvalue weighted by atomic mass is 10.1. The van der Waals surface area contributed by atoms with Crippen molar-refractivity contribution >= 4 is 28.8 Å². The summed E-state index contributed by atoms with van der Waals surface area (Å²) in [5.74, 6) is -1.66. The molecule has 1 N–H and O–H groups in total. The molecule has 0 unspecified atom stereocenters. The molecule has 0 fully saturated rings. The Hall–Kier alpha value is -3.68. The maximum atomic E-state index is 12.5. The Bertz CT molecular complexity index is 1140. The minimum absolute atomic E-state index is 0.0677. The summed E-state index contributed by atoms with van der Waals surface area (Å²) < 4.78 is 6.83. The van der Waals surface area contributed by atoms with Crippen LogP contribution >= 0.6 is 0 Å². The highest BCUT2D eigenvalue weighted by atomic mass is 16.5. The Morgan fingerprint density at radius 1 is 1.00 bits per heavy atom. The van der Waals surface area contributed by atoms with Crippen LogP contribution in [0.3, 0.4) is 0 Å². The number of hydrogen-bond acceptors (Lipinski definition) is 5. The van der Waals surface area contributed by atoms with E-state index in [1.807, 2.05) is 24.3 Å². The fraction of sp³-hybridized carbons (Fsp3) is 0.238. The number of esters is 1. The van der Waals surface area contributed by atoms with Crippen molar-refractivity contribution in [2.45, 2.75) is 25.9 Å². The summed E-state index contributed by atoms with van der Waals surface area (Å²) in [4.78, 5) is 53.0. The Kier molecular flexibility index (Phi) is 4.75. The molecule has 0 bridgehead atoms. The number of carbonyl (C=O) groups is 3. The van der Waals surface area contributed by atoms with Gasteiger partial charge in [-0.2, -0.15) is 0 Å². The van der Waals surface area contributed by atoms with E-state index in [0.717, 1.165) is 15.9 Å². The van der Waals surface area contributed by atoms with Crippen molar-refractivity contribution in [3.63, 3.8) is 0 Å². The van der Waals surface area contributed by atoms with Gasteiger partial charge in [0.05, 0.1) is 28.8 Å². The van der Waals surface area contributed by atoms with Gasteiger partial charge in [0, 0.05) is 6.54 Å². The van der Waals surface area contributed by atoms with Crippen LogP contribution in [0.4, 0.5) is 0 Å². The maximum Gasteiger partial charge on any atom is 0.329 e. The number of H-pyrrole nitrogens is 1. The first-order valence-corrected chi connectivity index (χ1v) is 9.30. The molecule has 0 saturated heterocycles. The van der Waals surface area contributed by atoms with Gasteiger partial charge < -0.3 is 9.72 Å².